The van der Waals surface area contributed by atoms with Gasteiger partial charge in [0.2, 0.25) is 0 Å². The monoisotopic (exact) mass is 401 g/mol. The maximum absolute atomic E-state index is 13.6. The molecule has 3 aromatic rings. The van der Waals surface area contributed by atoms with Crippen LogP contribution >= 0.6 is 15.9 Å². The molecule has 0 unspecified atom stereocenters. The molecule has 0 atom stereocenters. The number of aromatic nitrogens is 4. The lowest BCUT2D eigenvalue weighted by Gasteiger charge is -2.09. The van der Waals surface area contributed by atoms with E-state index in [0.717, 1.165) is 30.3 Å². The number of hydrogen-bond acceptors (Lipinski definition) is 4. The van der Waals surface area contributed by atoms with Crippen molar-refractivity contribution in [3.05, 3.63) is 40.5 Å². The van der Waals surface area contributed by atoms with Crippen molar-refractivity contribution in [2.75, 3.05) is 14.1 Å². The number of benzene rings is 1. The van der Waals surface area contributed by atoms with Crippen molar-refractivity contribution >= 4 is 37.0 Å². The molecule has 2 aromatic heterocycles. The van der Waals surface area contributed by atoms with E-state index in [0.29, 0.717) is 5.52 Å². The highest BCUT2D eigenvalue weighted by Crippen LogP contribution is 2.32. The molecule has 0 radical (unpaired) electrons. The second kappa shape index (κ2) is 5.39. The van der Waals surface area contributed by atoms with Gasteiger partial charge in [-0.1, -0.05) is 0 Å². The molecule has 10 heteroatoms. The fraction of sp³-hybridized carbons (Fsp3) is 0.231. The predicted octanol–water partition coefficient (Wildman–Crippen LogP) is 2.09. The van der Waals surface area contributed by atoms with Crippen LogP contribution in [0.1, 0.15) is 5.69 Å². The van der Waals surface area contributed by atoms with E-state index >= 15 is 0 Å². The average Bonchev–Trinajstić information content (AvgIpc) is 3.04. The first kappa shape index (κ1) is 16.1. The zero-order valence-corrected chi connectivity index (χ0v) is 14.9. The summed E-state index contributed by atoms with van der Waals surface area (Å²) in [4.78, 5) is 4.05. The zero-order chi connectivity index (χ0) is 16.9. The van der Waals surface area contributed by atoms with Crippen molar-refractivity contribution in [2.45, 2.75) is 6.92 Å². The van der Waals surface area contributed by atoms with Gasteiger partial charge in [-0.3, -0.25) is 4.57 Å². The summed E-state index contributed by atoms with van der Waals surface area (Å²) in [6.45, 7) is 1.81. The molecule has 2 heterocycles. The summed E-state index contributed by atoms with van der Waals surface area (Å²) >= 11 is 3.46. The molecular weight excluding hydrogens is 389 g/mol. The van der Waals surface area contributed by atoms with Crippen molar-refractivity contribution in [2.24, 2.45) is 0 Å². The minimum Gasteiger partial charge on any atom is -0.280 e. The molecule has 0 N–H and O–H groups in total. The van der Waals surface area contributed by atoms with Gasteiger partial charge in [0.15, 0.2) is 0 Å². The summed E-state index contributed by atoms with van der Waals surface area (Å²) in [6, 6.07) is 4.36. The Morgan fingerprint density at radius 3 is 2.65 bits per heavy atom. The van der Waals surface area contributed by atoms with Crippen molar-refractivity contribution in [3.63, 3.8) is 0 Å². The van der Waals surface area contributed by atoms with Gasteiger partial charge >= 0.3 is 10.2 Å². The molecule has 0 spiro atoms. The summed E-state index contributed by atoms with van der Waals surface area (Å²) in [5.41, 5.74) is 1.29. The molecule has 23 heavy (non-hydrogen) atoms. The van der Waals surface area contributed by atoms with Crippen LogP contribution in [0, 0.1) is 12.7 Å². The molecule has 1 aromatic carbocycles. The maximum Gasteiger partial charge on any atom is 0.323 e. The number of halogens is 2. The van der Waals surface area contributed by atoms with Crippen molar-refractivity contribution < 1.29 is 12.8 Å². The molecule has 0 saturated carbocycles. The normalized spacial score (nSPS) is 12.4. The predicted molar refractivity (Wildman–Crippen MR) is 87.3 cm³/mol. The van der Waals surface area contributed by atoms with Gasteiger partial charge in [-0.05, 0) is 41.1 Å². The molecule has 0 bridgehead atoms. The van der Waals surface area contributed by atoms with Gasteiger partial charge in [-0.25, -0.2) is 4.39 Å². The van der Waals surface area contributed by atoms with Crippen molar-refractivity contribution in [3.8, 4) is 5.95 Å². The number of rotatable bonds is 3. The maximum atomic E-state index is 13.6. The quantitative estimate of drug-likeness (QED) is 0.673. The summed E-state index contributed by atoms with van der Waals surface area (Å²) in [7, 11) is -0.951. The third kappa shape index (κ3) is 2.46. The van der Waals surface area contributed by atoms with E-state index in [9.17, 15) is 12.8 Å². The number of hydrogen-bond donors (Lipinski definition) is 0. The molecule has 0 aliphatic heterocycles. The number of nitrogens with zero attached hydrogens (tertiary/aromatic N) is 5. The van der Waals surface area contributed by atoms with E-state index in [1.165, 1.54) is 26.2 Å². The minimum absolute atomic E-state index is 0.147. The molecule has 3 rings (SSSR count). The Hall–Kier alpha value is -1.78. The molecular formula is C13H13BrFN5O2S. The van der Waals surface area contributed by atoms with Crippen molar-refractivity contribution in [1.29, 1.82) is 0 Å². The standard InChI is InChI=1S/C13H13BrFN5O2S/c1-8-12(14)10-5-4-9(15)6-11(10)20(8)13-16-7-19(17-13)23(21,22)18(2)3/h4-7H,1-3H3. The zero-order valence-electron chi connectivity index (χ0n) is 12.5. The summed E-state index contributed by atoms with van der Waals surface area (Å²) in [6.07, 6.45) is 1.11. The highest BCUT2D eigenvalue weighted by molar-refractivity contribution is 9.10. The molecule has 0 amide bonds. The third-order valence-electron chi connectivity index (χ3n) is 3.45. The molecule has 0 aliphatic carbocycles. The Labute approximate surface area is 140 Å². The van der Waals surface area contributed by atoms with Crippen LogP contribution in [0.2, 0.25) is 0 Å². The van der Waals surface area contributed by atoms with Crippen LogP contribution in [0.25, 0.3) is 16.9 Å². The topological polar surface area (TPSA) is 73.0 Å². The van der Waals surface area contributed by atoms with E-state index in [1.54, 1.807) is 10.6 Å². The van der Waals surface area contributed by atoms with E-state index in [-0.39, 0.29) is 5.95 Å². The lowest BCUT2D eigenvalue weighted by molar-refractivity contribution is 0.503. The van der Waals surface area contributed by atoms with Crippen LogP contribution in [0.5, 0.6) is 0 Å². The third-order valence-corrected chi connectivity index (χ3v) is 6.02. The van der Waals surface area contributed by atoms with Crippen LogP contribution in [0.3, 0.4) is 0 Å². The van der Waals surface area contributed by atoms with E-state index in [1.807, 2.05) is 6.92 Å². The van der Waals surface area contributed by atoms with Gasteiger partial charge < -0.3 is 0 Å². The van der Waals surface area contributed by atoms with Crippen LogP contribution < -0.4 is 0 Å². The van der Waals surface area contributed by atoms with Crippen LogP contribution in [0.15, 0.2) is 29.0 Å². The fourth-order valence-electron chi connectivity index (χ4n) is 2.23. The van der Waals surface area contributed by atoms with Crippen molar-refractivity contribution in [1.82, 2.24) is 23.0 Å². The number of fused-ring (bicyclic) bond motifs is 1. The van der Waals surface area contributed by atoms with Gasteiger partial charge in [0.05, 0.1) is 5.52 Å². The van der Waals surface area contributed by atoms with Gasteiger partial charge in [0.25, 0.3) is 5.95 Å². The SMILES string of the molecule is Cc1c(Br)c2ccc(F)cc2n1-c1ncn(S(=O)(=O)N(C)C)n1. The van der Waals surface area contributed by atoms with Gasteiger partial charge in [0, 0.05) is 29.6 Å². The summed E-state index contributed by atoms with van der Waals surface area (Å²) < 4.78 is 42.0. The minimum atomic E-state index is -3.75. The Kier molecular flexibility index (Phi) is 3.77. The average molecular weight is 402 g/mol. The molecule has 122 valence electrons. The Morgan fingerprint density at radius 2 is 2.00 bits per heavy atom. The lowest BCUT2D eigenvalue weighted by Crippen LogP contribution is -2.29. The first-order chi connectivity index (χ1) is 10.7. The Morgan fingerprint density at radius 1 is 1.30 bits per heavy atom. The highest BCUT2D eigenvalue weighted by atomic mass is 79.9. The molecule has 0 fully saturated rings. The second-order valence-corrected chi connectivity index (χ2v) is 7.90. The smallest absolute Gasteiger partial charge is 0.280 e. The molecule has 0 aliphatic rings. The van der Waals surface area contributed by atoms with Gasteiger partial charge in [0.1, 0.15) is 12.1 Å². The van der Waals surface area contributed by atoms with Gasteiger partial charge in [-0.2, -0.15) is 17.7 Å². The first-order valence-electron chi connectivity index (χ1n) is 6.54. The summed E-state index contributed by atoms with van der Waals surface area (Å²) in [5, 5.41) is 4.81. The molecule has 7 nitrogen and oxygen atoms in total. The Balaban J connectivity index is 2.25. The van der Waals surface area contributed by atoms with Crippen LogP contribution in [-0.4, -0.2) is 45.6 Å². The van der Waals surface area contributed by atoms with Gasteiger partial charge in [-0.15, -0.1) is 9.19 Å². The summed E-state index contributed by atoms with van der Waals surface area (Å²) in [5.74, 6) is -0.252. The largest absolute Gasteiger partial charge is 0.323 e. The van der Waals surface area contributed by atoms with Crippen LogP contribution in [-0.2, 0) is 10.2 Å². The van der Waals surface area contributed by atoms with E-state index in [2.05, 4.69) is 26.0 Å². The highest BCUT2D eigenvalue weighted by Gasteiger charge is 2.21. The van der Waals surface area contributed by atoms with E-state index in [4.69, 9.17) is 0 Å². The van der Waals surface area contributed by atoms with E-state index < -0.39 is 16.0 Å². The Bertz CT molecular complexity index is 1010. The second-order valence-electron chi connectivity index (χ2n) is 5.10. The first-order valence-corrected chi connectivity index (χ1v) is 8.73. The fourth-order valence-corrected chi connectivity index (χ4v) is 3.42. The molecule has 0 saturated heterocycles. The lowest BCUT2D eigenvalue weighted by atomic mass is 10.2. The van der Waals surface area contributed by atoms with Crippen LogP contribution in [0.4, 0.5) is 4.39 Å².